The summed E-state index contributed by atoms with van der Waals surface area (Å²) in [4.78, 5) is 11.4. The van der Waals surface area contributed by atoms with Crippen LogP contribution in [0.4, 0.5) is 0 Å². The molecule has 0 amide bonds. The second kappa shape index (κ2) is 7.34. The average molecular weight is 418 g/mol. The van der Waals surface area contributed by atoms with E-state index in [2.05, 4.69) is 39.1 Å². The highest BCUT2D eigenvalue weighted by molar-refractivity contribution is 5.53. The minimum atomic E-state index is 0.154. The number of pyridine rings is 1. The lowest BCUT2D eigenvalue weighted by Crippen LogP contribution is -2.45. The van der Waals surface area contributed by atoms with Gasteiger partial charge in [0.25, 0.3) is 0 Å². The van der Waals surface area contributed by atoms with Crippen molar-refractivity contribution in [3.63, 3.8) is 0 Å². The van der Waals surface area contributed by atoms with Gasteiger partial charge in [0.2, 0.25) is 11.7 Å². The fourth-order valence-corrected chi connectivity index (χ4v) is 5.48. The van der Waals surface area contributed by atoms with Gasteiger partial charge in [-0.1, -0.05) is 24.1 Å². The van der Waals surface area contributed by atoms with E-state index in [1.807, 2.05) is 18.2 Å². The van der Waals surface area contributed by atoms with Crippen molar-refractivity contribution in [3.8, 4) is 23.0 Å². The molecule has 1 saturated carbocycles. The molecule has 1 fully saturated rings. The summed E-state index contributed by atoms with van der Waals surface area (Å²) >= 11 is 0. The van der Waals surface area contributed by atoms with E-state index in [4.69, 9.17) is 14.0 Å². The minimum absolute atomic E-state index is 0.154. The zero-order valence-electron chi connectivity index (χ0n) is 17.7. The third-order valence-electron chi connectivity index (χ3n) is 7.05. The summed E-state index contributed by atoms with van der Waals surface area (Å²) in [6.07, 6.45) is 6.67. The first kappa shape index (κ1) is 18.8. The Morgan fingerprint density at radius 2 is 1.90 bits per heavy atom. The first-order valence-corrected chi connectivity index (χ1v) is 11.1. The van der Waals surface area contributed by atoms with Crippen LogP contribution in [0.3, 0.4) is 0 Å². The van der Waals surface area contributed by atoms with Gasteiger partial charge in [-0.2, -0.15) is 4.98 Å². The van der Waals surface area contributed by atoms with Crippen LogP contribution in [0.25, 0.3) is 11.5 Å². The maximum absolute atomic E-state index is 5.92. The van der Waals surface area contributed by atoms with Crippen LogP contribution in [-0.2, 0) is 12.0 Å². The first-order valence-electron chi connectivity index (χ1n) is 11.1. The van der Waals surface area contributed by atoms with Crippen LogP contribution in [0, 0.1) is 0 Å². The van der Waals surface area contributed by atoms with Crippen molar-refractivity contribution in [2.45, 2.75) is 50.6 Å². The molecule has 3 aromatic rings. The molecule has 2 aromatic heterocycles. The molecule has 4 heterocycles. The number of aromatic nitrogens is 3. The van der Waals surface area contributed by atoms with Crippen LogP contribution in [0.15, 0.2) is 41.1 Å². The lowest BCUT2D eigenvalue weighted by Gasteiger charge is -2.46. The van der Waals surface area contributed by atoms with Gasteiger partial charge in [0.05, 0.1) is 6.54 Å². The van der Waals surface area contributed by atoms with Crippen LogP contribution in [0.5, 0.6) is 11.5 Å². The van der Waals surface area contributed by atoms with Gasteiger partial charge in [-0.25, -0.2) is 0 Å². The van der Waals surface area contributed by atoms with Crippen LogP contribution in [-0.4, -0.2) is 39.8 Å². The number of rotatable bonds is 3. The number of benzene rings is 1. The molecule has 0 unspecified atom stereocenters. The Kier molecular flexibility index (Phi) is 4.45. The van der Waals surface area contributed by atoms with Gasteiger partial charge in [-0.15, -0.1) is 0 Å². The van der Waals surface area contributed by atoms with Crippen molar-refractivity contribution in [2.24, 2.45) is 0 Å². The number of ether oxygens (including phenoxy) is 2. The molecule has 7 nitrogen and oxygen atoms in total. The second-order valence-electron chi connectivity index (χ2n) is 8.88. The largest absolute Gasteiger partial charge is 0.486 e. The highest BCUT2D eigenvalue weighted by atomic mass is 16.6. The Morgan fingerprint density at radius 3 is 2.68 bits per heavy atom. The Labute approximate surface area is 181 Å². The van der Waals surface area contributed by atoms with Crippen LogP contribution < -0.4 is 9.47 Å². The molecule has 0 radical (unpaired) electrons. The van der Waals surface area contributed by atoms with Crippen molar-refractivity contribution in [1.29, 1.82) is 0 Å². The first-order chi connectivity index (χ1) is 15.2. The van der Waals surface area contributed by atoms with Crippen LogP contribution in [0.1, 0.15) is 55.7 Å². The highest BCUT2D eigenvalue weighted by Crippen LogP contribution is 2.52. The van der Waals surface area contributed by atoms with E-state index in [0.29, 0.717) is 31.5 Å². The summed E-state index contributed by atoms with van der Waals surface area (Å²) in [6.45, 7) is 5.09. The molecule has 1 aliphatic carbocycles. The van der Waals surface area contributed by atoms with Crippen molar-refractivity contribution < 1.29 is 14.0 Å². The van der Waals surface area contributed by atoms with E-state index in [0.717, 1.165) is 23.7 Å². The monoisotopic (exact) mass is 418 g/mol. The molecule has 0 N–H and O–H groups in total. The summed E-state index contributed by atoms with van der Waals surface area (Å²) in [5.74, 6) is 2.92. The standard InChI is InChI=1S/C24H26N4O3/c1-16-17-12-20-21(30-11-10-29-20)13-18(17)24(7-3-4-8-24)15-28(16)14-22-26-23(27-31-22)19-6-2-5-9-25-19/h2,5-6,9,12-13,16H,3-4,7-8,10-11,14-15H2,1H3/t16-/m0/s1. The normalized spacial score (nSPS) is 21.9. The molecule has 160 valence electrons. The maximum atomic E-state index is 5.92. The van der Waals surface area contributed by atoms with Crippen molar-refractivity contribution >= 4 is 0 Å². The van der Waals surface area contributed by atoms with Gasteiger partial charge in [0, 0.05) is 24.2 Å². The van der Waals surface area contributed by atoms with E-state index in [1.54, 1.807) is 6.20 Å². The molecule has 0 saturated heterocycles. The second-order valence-corrected chi connectivity index (χ2v) is 8.88. The molecule has 31 heavy (non-hydrogen) atoms. The minimum Gasteiger partial charge on any atom is -0.486 e. The third-order valence-corrected chi connectivity index (χ3v) is 7.05. The topological polar surface area (TPSA) is 73.5 Å². The van der Waals surface area contributed by atoms with Gasteiger partial charge < -0.3 is 14.0 Å². The Balaban J connectivity index is 1.34. The molecular weight excluding hydrogens is 392 g/mol. The smallest absolute Gasteiger partial charge is 0.241 e. The van der Waals surface area contributed by atoms with E-state index >= 15 is 0 Å². The number of hydrogen-bond acceptors (Lipinski definition) is 7. The molecule has 1 spiro atoms. The van der Waals surface area contributed by atoms with E-state index < -0.39 is 0 Å². The predicted molar refractivity (Wildman–Crippen MR) is 114 cm³/mol. The van der Waals surface area contributed by atoms with Crippen LogP contribution in [0.2, 0.25) is 0 Å². The number of nitrogens with zero attached hydrogens (tertiary/aromatic N) is 4. The molecule has 7 heteroatoms. The van der Waals surface area contributed by atoms with Gasteiger partial charge in [-0.05, 0) is 55.2 Å². The summed E-state index contributed by atoms with van der Waals surface area (Å²) in [5.41, 5.74) is 3.66. The molecule has 1 atom stereocenters. The lowest BCUT2D eigenvalue weighted by atomic mass is 9.71. The molecule has 3 aliphatic rings. The highest BCUT2D eigenvalue weighted by Gasteiger charge is 2.45. The molecule has 1 aromatic carbocycles. The summed E-state index contributed by atoms with van der Waals surface area (Å²) in [7, 11) is 0. The lowest BCUT2D eigenvalue weighted by molar-refractivity contribution is 0.111. The van der Waals surface area contributed by atoms with Gasteiger partial charge in [-0.3, -0.25) is 9.88 Å². The average Bonchev–Trinajstić information content (AvgIpc) is 3.48. The summed E-state index contributed by atoms with van der Waals surface area (Å²) in [6, 6.07) is 10.4. The zero-order chi connectivity index (χ0) is 20.8. The van der Waals surface area contributed by atoms with Gasteiger partial charge in [0.1, 0.15) is 18.9 Å². The Bertz CT molecular complexity index is 1090. The molecule has 6 rings (SSSR count). The SMILES string of the molecule is C[C@H]1c2cc3c(cc2C2(CCCC2)CN1Cc1nc(-c2ccccn2)no1)OCCO3. The molecule has 0 bridgehead atoms. The summed E-state index contributed by atoms with van der Waals surface area (Å²) in [5, 5.41) is 4.16. The maximum Gasteiger partial charge on any atom is 0.241 e. The number of hydrogen-bond donors (Lipinski definition) is 0. The fourth-order valence-electron chi connectivity index (χ4n) is 5.48. The number of fused-ring (bicyclic) bond motifs is 3. The van der Waals surface area contributed by atoms with Crippen molar-refractivity contribution in [1.82, 2.24) is 20.0 Å². The van der Waals surface area contributed by atoms with Crippen molar-refractivity contribution in [2.75, 3.05) is 19.8 Å². The Morgan fingerprint density at radius 1 is 1.10 bits per heavy atom. The Hall–Kier alpha value is -2.93. The van der Waals surface area contributed by atoms with E-state index in [-0.39, 0.29) is 11.5 Å². The van der Waals surface area contributed by atoms with E-state index in [9.17, 15) is 0 Å². The zero-order valence-corrected chi connectivity index (χ0v) is 17.7. The predicted octanol–water partition coefficient (Wildman–Crippen LogP) is 4.29. The van der Waals surface area contributed by atoms with E-state index in [1.165, 1.54) is 36.8 Å². The fraction of sp³-hybridized carbons (Fsp3) is 0.458. The third kappa shape index (κ3) is 3.19. The van der Waals surface area contributed by atoms with Crippen LogP contribution >= 0.6 is 0 Å². The van der Waals surface area contributed by atoms with Gasteiger partial charge >= 0.3 is 0 Å². The summed E-state index contributed by atoms with van der Waals surface area (Å²) < 4.78 is 17.4. The molecular formula is C24H26N4O3. The molecule has 2 aliphatic heterocycles. The quantitative estimate of drug-likeness (QED) is 0.628. The van der Waals surface area contributed by atoms with Crippen molar-refractivity contribution in [3.05, 3.63) is 53.5 Å². The van der Waals surface area contributed by atoms with Gasteiger partial charge in [0.15, 0.2) is 11.5 Å².